The minimum atomic E-state index is 0.552. The third-order valence-corrected chi connectivity index (χ3v) is 3.03. The first-order chi connectivity index (χ1) is 6.92. The fourth-order valence-corrected chi connectivity index (χ4v) is 2.26. The third kappa shape index (κ3) is 2.01. The van der Waals surface area contributed by atoms with Crippen LogP contribution in [0.4, 0.5) is 0 Å². The fourth-order valence-electron chi connectivity index (χ4n) is 2.26. The Kier molecular flexibility index (Phi) is 3.25. The molecule has 0 aromatic carbocycles. The van der Waals surface area contributed by atoms with E-state index < -0.39 is 0 Å². The van der Waals surface area contributed by atoms with Crippen molar-refractivity contribution in [1.82, 2.24) is 4.90 Å². The van der Waals surface area contributed by atoms with E-state index in [1.54, 1.807) is 6.26 Å². The lowest BCUT2D eigenvalue weighted by molar-refractivity contribution is 0.225. The van der Waals surface area contributed by atoms with Crippen LogP contribution in [0.25, 0.3) is 0 Å². The highest BCUT2D eigenvalue weighted by atomic mass is 16.3. The average molecular weight is 193 g/mol. The maximum Gasteiger partial charge on any atom is 0.120 e. The van der Waals surface area contributed by atoms with E-state index in [-0.39, 0.29) is 0 Å². The van der Waals surface area contributed by atoms with E-state index >= 15 is 0 Å². The van der Waals surface area contributed by atoms with E-state index in [9.17, 15) is 0 Å². The summed E-state index contributed by atoms with van der Waals surface area (Å²) in [6.45, 7) is 4.71. The van der Waals surface area contributed by atoms with Gasteiger partial charge in [0.05, 0.1) is 12.3 Å². The van der Waals surface area contributed by atoms with E-state index in [0.717, 1.165) is 5.76 Å². The molecule has 0 saturated carbocycles. The molecule has 0 radical (unpaired) electrons. The van der Waals surface area contributed by atoms with E-state index in [4.69, 9.17) is 4.42 Å². The number of unbranched alkanes of at least 4 members (excludes halogenated alkanes) is 1. The molecule has 0 N–H and O–H groups in total. The Labute approximate surface area is 85.9 Å². The maximum atomic E-state index is 5.49. The van der Waals surface area contributed by atoms with E-state index in [1.807, 2.05) is 6.07 Å². The van der Waals surface area contributed by atoms with Crippen LogP contribution < -0.4 is 0 Å². The van der Waals surface area contributed by atoms with E-state index in [2.05, 4.69) is 17.9 Å². The van der Waals surface area contributed by atoms with Gasteiger partial charge in [0.15, 0.2) is 0 Å². The van der Waals surface area contributed by atoms with Gasteiger partial charge in [-0.15, -0.1) is 0 Å². The summed E-state index contributed by atoms with van der Waals surface area (Å²) in [6.07, 6.45) is 6.94. The van der Waals surface area contributed by atoms with Gasteiger partial charge in [0, 0.05) is 0 Å². The normalized spacial score (nSPS) is 23.1. The van der Waals surface area contributed by atoms with Crippen molar-refractivity contribution in [2.75, 3.05) is 13.1 Å². The van der Waals surface area contributed by atoms with Crippen LogP contribution in [0.1, 0.15) is 44.4 Å². The summed E-state index contributed by atoms with van der Waals surface area (Å²) in [4.78, 5) is 2.56. The first-order valence-corrected chi connectivity index (χ1v) is 5.69. The molecule has 1 aromatic heterocycles. The SMILES string of the molecule is CCCCN1CCCC1c1ccco1. The molecule has 2 nitrogen and oxygen atoms in total. The van der Waals surface area contributed by atoms with Gasteiger partial charge in [0.25, 0.3) is 0 Å². The molecule has 0 aliphatic carbocycles. The Balaban J connectivity index is 1.97. The van der Waals surface area contributed by atoms with Crippen LogP contribution in [-0.2, 0) is 0 Å². The van der Waals surface area contributed by atoms with Gasteiger partial charge in [-0.1, -0.05) is 13.3 Å². The lowest BCUT2D eigenvalue weighted by Gasteiger charge is -2.22. The molecule has 1 aliphatic heterocycles. The van der Waals surface area contributed by atoms with Crippen molar-refractivity contribution >= 4 is 0 Å². The van der Waals surface area contributed by atoms with Crippen LogP contribution in [0.5, 0.6) is 0 Å². The molecule has 1 fully saturated rings. The molecule has 0 bridgehead atoms. The molecule has 78 valence electrons. The average Bonchev–Trinajstić information content (AvgIpc) is 2.84. The molecule has 1 atom stereocenters. The summed E-state index contributed by atoms with van der Waals surface area (Å²) >= 11 is 0. The summed E-state index contributed by atoms with van der Waals surface area (Å²) in [5.41, 5.74) is 0. The molecule has 0 amide bonds. The summed E-state index contributed by atoms with van der Waals surface area (Å²) in [7, 11) is 0. The van der Waals surface area contributed by atoms with Crippen molar-refractivity contribution in [2.45, 2.75) is 38.6 Å². The third-order valence-electron chi connectivity index (χ3n) is 3.03. The highest BCUT2D eigenvalue weighted by Crippen LogP contribution is 2.31. The first-order valence-electron chi connectivity index (χ1n) is 5.69. The zero-order valence-corrected chi connectivity index (χ0v) is 8.91. The largest absolute Gasteiger partial charge is 0.468 e. The van der Waals surface area contributed by atoms with Crippen LogP contribution in [-0.4, -0.2) is 18.0 Å². The van der Waals surface area contributed by atoms with Crippen LogP contribution >= 0.6 is 0 Å². The van der Waals surface area contributed by atoms with E-state index in [1.165, 1.54) is 38.8 Å². The predicted molar refractivity (Wildman–Crippen MR) is 57.2 cm³/mol. The van der Waals surface area contributed by atoms with Gasteiger partial charge in [-0.25, -0.2) is 0 Å². The minimum absolute atomic E-state index is 0.552. The minimum Gasteiger partial charge on any atom is -0.468 e. The van der Waals surface area contributed by atoms with Gasteiger partial charge in [-0.2, -0.15) is 0 Å². The number of rotatable bonds is 4. The topological polar surface area (TPSA) is 16.4 Å². The Bertz CT molecular complexity index is 255. The second kappa shape index (κ2) is 4.65. The molecule has 2 rings (SSSR count). The monoisotopic (exact) mass is 193 g/mol. The van der Waals surface area contributed by atoms with Gasteiger partial charge >= 0.3 is 0 Å². The van der Waals surface area contributed by atoms with Gasteiger partial charge in [-0.05, 0) is 44.5 Å². The van der Waals surface area contributed by atoms with Crippen molar-refractivity contribution in [3.8, 4) is 0 Å². The number of nitrogens with zero attached hydrogens (tertiary/aromatic N) is 1. The van der Waals surface area contributed by atoms with Crippen molar-refractivity contribution in [2.24, 2.45) is 0 Å². The molecule has 1 aromatic rings. The quantitative estimate of drug-likeness (QED) is 0.730. The lowest BCUT2D eigenvalue weighted by atomic mass is 10.1. The maximum absolute atomic E-state index is 5.49. The van der Waals surface area contributed by atoms with Gasteiger partial charge in [-0.3, -0.25) is 4.90 Å². The zero-order chi connectivity index (χ0) is 9.80. The highest BCUT2D eigenvalue weighted by Gasteiger charge is 2.26. The van der Waals surface area contributed by atoms with Crippen molar-refractivity contribution in [1.29, 1.82) is 0 Å². The Morgan fingerprint density at radius 3 is 3.21 bits per heavy atom. The van der Waals surface area contributed by atoms with Gasteiger partial charge in [0.1, 0.15) is 5.76 Å². The number of furan rings is 1. The van der Waals surface area contributed by atoms with Crippen LogP contribution in [0.15, 0.2) is 22.8 Å². The molecule has 2 heterocycles. The molecule has 1 saturated heterocycles. The summed E-state index contributed by atoms with van der Waals surface area (Å²) in [5.74, 6) is 1.15. The van der Waals surface area contributed by atoms with Crippen molar-refractivity contribution in [3.05, 3.63) is 24.2 Å². The number of hydrogen-bond donors (Lipinski definition) is 0. The molecular weight excluding hydrogens is 174 g/mol. The van der Waals surface area contributed by atoms with Crippen molar-refractivity contribution < 1.29 is 4.42 Å². The second-order valence-corrected chi connectivity index (χ2v) is 4.06. The highest BCUT2D eigenvalue weighted by molar-refractivity contribution is 5.06. The van der Waals surface area contributed by atoms with Gasteiger partial charge in [0.2, 0.25) is 0 Å². The standard InChI is InChI=1S/C12H19NO/c1-2-3-8-13-9-4-6-11(13)12-7-5-10-14-12/h5,7,10-11H,2-4,6,8-9H2,1H3. The Morgan fingerprint density at radius 2 is 2.50 bits per heavy atom. The van der Waals surface area contributed by atoms with Crippen molar-refractivity contribution in [3.63, 3.8) is 0 Å². The Hall–Kier alpha value is -0.760. The first kappa shape index (κ1) is 9.78. The van der Waals surface area contributed by atoms with Crippen LogP contribution in [0.3, 0.4) is 0 Å². The van der Waals surface area contributed by atoms with E-state index in [0.29, 0.717) is 6.04 Å². The van der Waals surface area contributed by atoms with Crippen LogP contribution in [0, 0.1) is 0 Å². The molecule has 1 unspecified atom stereocenters. The predicted octanol–water partition coefficient (Wildman–Crippen LogP) is 3.22. The summed E-state index contributed by atoms with van der Waals surface area (Å²) in [5, 5.41) is 0. The summed E-state index contributed by atoms with van der Waals surface area (Å²) < 4.78 is 5.49. The second-order valence-electron chi connectivity index (χ2n) is 4.06. The summed E-state index contributed by atoms with van der Waals surface area (Å²) in [6, 6.07) is 4.65. The zero-order valence-electron chi connectivity index (χ0n) is 8.91. The molecule has 2 heteroatoms. The molecule has 14 heavy (non-hydrogen) atoms. The fraction of sp³-hybridized carbons (Fsp3) is 0.667. The lowest BCUT2D eigenvalue weighted by Crippen LogP contribution is -2.23. The number of likely N-dealkylation sites (tertiary alicyclic amines) is 1. The molecular formula is C12H19NO. The number of hydrogen-bond acceptors (Lipinski definition) is 2. The Morgan fingerprint density at radius 1 is 1.57 bits per heavy atom. The molecule has 1 aliphatic rings. The smallest absolute Gasteiger partial charge is 0.120 e. The molecule has 0 spiro atoms. The van der Waals surface area contributed by atoms with Gasteiger partial charge < -0.3 is 4.42 Å². The van der Waals surface area contributed by atoms with Crippen LogP contribution in [0.2, 0.25) is 0 Å².